The third kappa shape index (κ3) is 3.04. The van der Waals surface area contributed by atoms with Gasteiger partial charge < -0.3 is 15.1 Å². The van der Waals surface area contributed by atoms with Crippen molar-refractivity contribution >= 4 is 21.9 Å². The van der Waals surface area contributed by atoms with E-state index in [-0.39, 0.29) is 6.54 Å². The lowest BCUT2D eigenvalue weighted by Gasteiger charge is -2.13. The van der Waals surface area contributed by atoms with E-state index < -0.39 is 0 Å². The molecule has 2 rings (SSSR count). The van der Waals surface area contributed by atoms with Gasteiger partial charge in [-0.15, -0.1) is 5.10 Å². The van der Waals surface area contributed by atoms with Gasteiger partial charge in [0.25, 0.3) is 0 Å². The summed E-state index contributed by atoms with van der Waals surface area (Å²) < 4.78 is 6.42. The van der Waals surface area contributed by atoms with Gasteiger partial charge in [-0.1, -0.05) is 33.2 Å². The van der Waals surface area contributed by atoms with Crippen LogP contribution >= 0.6 is 15.9 Å². The molecule has 0 spiro atoms. The zero-order chi connectivity index (χ0) is 12.3. The Balaban J connectivity index is 2.05. The van der Waals surface area contributed by atoms with E-state index in [9.17, 15) is 0 Å². The molecule has 0 aliphatic carbocycles. The topological polar surface area (TPSA) is 68.2 Å². The molecule has 0 atom stereocenters. The second kappa shape index (κ2) is 5.29. The second-order valence-corrected chi connectivity index (χ2v) is 4.58. The van der Waals surface area contributed by atoms with E-state index in [4.69, 9.17) is 10.2 Å². The highest BCUT2D eigenvalue weighted by Gasteiger charge is 2.09. The molecule has 5 nitrogen and oxygen atoms in total. The fourth-order valence-electron chi connectivity index (χ4n) is 1.41. The number of aromatic nitrogens is 2. The molecule has 17 heavy (non-hydrogen) atoms. The van der Waals surface area contributed by atoms with E-state index in [1.54, 1.807) is 0 Å². The van der Waals surface area contributed by atoms with Crippen LogP contribution in [-0.4, -0.2) is 17.2 Å². The molecule has 1 aromatic carbocycles. The molecule has 0 amide bonds. The monoisotopic (exact) mass is 296 g/mol. The second-order valence-electron chi connectivity index (χ2n) is 3.67. The molecule has 0 saturated carbocycles. The van der Waals surface area contributed by atoms with Crippen molar-refractivity contribution < 1.29 is 4.42 Å². The van der Waals surface area contributed by atoms with E-state index >= 15 is 0 Å². The maximum atomic E-state index is 5.41. The smallest absolute Gasteiger partial charge is 0.318 e. The van der Waals surface area contributed by atoms with Crippen LogP contribution in [0.25, 0.3) is 0 Å². The van der Waals surface area contributed by atoms with Gasteiger partial charge in [-0.2, -0.15) is 0 Å². The van der Waals surface area contributed by atoms with Gasteiger partial charge in [-0.3, -0.25) is 0 Å². The summed E-state index contributed by atoms with van der Waals surface area (Å²) in [7, 11) is 1.90. The number of anilines is 1. The lowest BCUT2D eigenvalue weighted by molar-refractivity contribution is 0.491. The highest BCUT2D eigenvalue weighted by atomic mass is 79.9. The molecule has 1 aromatic heterocycles. The van der Waals surface area contributed by atoms with Crippen LogP contribution in [-0.2, 0) is 13.1 Å². The molecule has 90 valence electrons. The third-order valence-electron chi connectivity index (χ3n) is 2.29. The van der Waals surface area contributed by atoms with Crippen LogP contribution in [0.15, 0.2) is 33.2 Å². The van der Waals surface area contributed by atoms with Crippen LogP contribution in [0.3, 0.4) is 0 Å². The third-order valence-corrected chi connectivity index (χ3v) is 2.82. The normalized spacial score (nSPS) is 10.5. The van der Waals surface area contributed by atoms with Crippen molar-refractivity contribution in [3.05, 3.63) is 40.2 Å². The Labute approximate surface area is 108 Å². The van der Waals surface area contributed by atoms with Gasteiger partial charge in [0.1, 0.15) is 0 Å². The predicted octanol–water partition coefficient (Wildman–Crippen LogP) is 1.93. The highest BCUT2D eigenvalue weighted by Crippen LogP contribution is 2.15. The molecular weight excluding hydrogens is 284 g/mol. The van der Waals surface area contributed by atoms with Gasteiger partial charge in [-0.05, 0) is 17.7 Å². The first-order valence-corrected chi connectivity index (χ1v) is 5.96. The van der Waals surface area contributed by atoms with Crippen LogP contribution in [0.5, 0.6) is 0 Å². The number of benzene rings is 1. The molecule has 6 heteroatoms. The minimum atomic E-state index is 0.263. The number of hydrogen-bond donors (Lipinski definition) is 1. The van der Waals surface area contributed by atoms with Crippen molar-refractivity contribution in [2.45, 2.75) is 13.1 Å². The quantitative estimate of drug-likeness (QED) is 0.934. The van der Waals surface area contributed by atoms with Gasteiger partial charge in [0.2, 0.25) is 5.89 Å². The summed E-state index contributed by atoms with van der Waals surface area (Å²) in [6.07, 6.45) is 0. The Morgan fingerprint density at radius 2 is 2.00 bits per heavy atom. The number of hydrogen-bond acceptors (Lipinski definition) is 5. The molecule has 0 unspecified atom stereocenters. The summed E-state index contributed by atoms with van der Waals surface area (Å²) in [6, 6.07) is 8.57. The minimum Gasteiger partial charge on any atom is -0.407 e. The molecule has 0 saturated heterocycles. The van der Waals surface area contributed by atoms with Gasteiger partial charge >= 0.3 is 6.01 Å². The van der Waals surface area contributed by atoms with Crippen molar-refractivity contribution in [2.75, 3.05) is 11.9 Å². The average Bonchev–Trinajstić information content (AvgIpc) is 2.81. The van der Waals surface area contributed by atoms with E-state index in [1.807, 2.05) is 36.2 Å². The van der Waals surface area contributed by atoms with Crippen molar-refractivity contribution in [1.82, 2.24) is 10.2 Å². The summed E-state index contributed by atoms with van der Waals surface area (Å²) in [6.45, 7) is 0.971. The van der Waals surface area contributed by atoms with Gasteiger partial charge in [0.15, 0.2) is 0 Å². The Kier molecular flexibility index (Phi) is 3.75. The van der Waals surface area contributed by atoms with E-state index in [2.05, 4.69) is 26.1 Å². The van der Waals surface area contributed by atoms with Gasteiger partial charge in [-0.25, -0.2) is 0 Å². The first-order valence-electron chi connectivity index (χ1n) is 5.17. The lowest BCUT2D eigenvalue weighted by Crippen LogP contribution is -2.16. The number of rotatable bonds is 4. The zero-order valence-electron chi connectivity index (χ0n) is 9.43. The molecule has 0 fully saturated rings. The molecule has 0 aliphatic rings. The first-order chi connectivity index (χ1) is 8.19. The van der Waals surface area contributed by atoms with Crippen molar-refractivity contribution in [3.8, 4) is 0 Å². The molecule has 2 aromatic rings. The summed E-state index contributed by atoms with van der Waals surface area (Å²) in [5, 5.41) is 7.74. The van der Waals surface area contributed by atoms with Crippen molar-refractivity contribution in [3.63, 3.8) is 0 Å². The maximum absolute atomic E-state index is 5.41. The Hall–Kier alpha value is -1.40. The minimum absolute atomic E-state index is 0.263. The lowest BCUT2D eigenvalue weighted by atomic mass is 10.2. The molecule has 2 N–H and O–H groups in total. The van der Waals surface area contributed by atoms with Gasteiger partial charge in [0.05, 0.1) is 6.54 Å². The number of nitrogens with zero attached hydrogens (tertiary/aromatic N) is 3. The SMILES string of the molecule is CN(Cc1ccc(Br)cc1)c1nnc(CN)o1. The zero-order valence-corrected chi connectivity index (χ0v) is 11.0. The molecule has 1 heterocycles. The molecular formula is C11H13BrN4O. The Bertz CT molecular complexity index is 482. The van der Waals surface area contributed by atoms with Crippen molar-refractivity contribution in [1.29, 1.82) is 0 Å². The summed E-state index contributed by atoms with van der Waals surface area (Å²) in [4.78, 5) is 1.88. The summed E-state index contributed by atoms with van der Waals surface area (Å²) in [5.74, 6) is 0.447. The van der Waals surface area contributed by atoms with E-state index in [0.717, 1.165) is 4.47 Å². The standard InChI is InChI=1S/C11H13BrN4O/c1-16(11-15-14-10(6-13)17-11)7-8-2-4-9(12)5-3-8/h2-5H,6-7,13H2,1H3. The molecule has 0 radical (unpaired) electrons. The fourth-order valence-corrected chi connectivity index (χ4v) is 1.68. The van der Waals surface area contributed by atoms with E-state index in [1.165, 1.54) is 5.56 Å². The predicted molar refractivity (Wildman–Crippen MR) is 68.4 cm³/mol. The fraction of sp³-hybridized carbons (Fsp3) is 0.273. The first kappa shape index (κ1) is 12.1. The Morgan fingerprint density at radius 3 is 2.59 bits per heavy atom. The van der Waals surface area contributed by atoms with Crippen LogP contribution < -0.4 is 10.6 Å². The van der Waals surface area contributed by atoms with E-state index in [0.29, 0.717) is 18.5 Å². The van der Waals surface area contributed by atoms with Crippen LogP contribution in [0.1, 0.15) is 11.5 Å². The largest absolute Gasteiger partial charge is 0.407 e. The molecule has 0 bridgehead atoms. The average molecular weight is 297 g/mol. The summed E-state index contributed by atoms with van der Waals surface area (Å²) >= 11 is 3.40. The summed E-state index contributed by atoms with van der Waals surface area (Å²) in [5.41, 5.74) is 6.58. The van der Waals surface area contributed by atoms with Crippen LogP contribution in [0.4, 0.5) is 6.01 Å². The van der Waals surface area contributed by atoms with Crippen LogP contribution in [0.2, 0.25) is 0 Å². The number of halogens is 1. The Morgan fingerprint density at radius 1 is 1.29 bits per heavy atom. The van der Waals surface area contributed by atoms with Gasteiger partial charge in [0, 0.05) is 18.1 Å². The number of nitrogens with two attached hydrogens (primary N) is 1. The molecule has 0 aliphatic heterocycles. The van der Waals surface area contributed by atoms with Crippen LogP contribution in [0, 0.1) is 0 Å². The maximum Gasteiger partial charge on any atom is 0.318 e. The highest BCUT2D eigenvalue weighted by molar-refractivity contribution is 9.10. The van der Waals surface area contributed by atoms with Crippen molar-refractivity contribution in [2.24, 2.45) is 5.73 Å².